The minimum Gasteiger partial charge on any atom is -0.481 e. The molecular weight excluding hydrogens is 210 g/mol. The molecule has 1 aromatic rings. The Morgan fingerprint density at radius 2 is 2.31 bits per heavy atom. The summed E-state index contributed by atoms with van der Waals surface area (Å²) in [5, 5.41) is 9.70. The van der Waals surface area contributed by atoms with Crippen molar-refractivity contribution in [2.45, 2.75) is 19.4 Å². The van der Waals surface area contributed by atoms with Crippen molar-refractivity contribution >= 4 is 5.97 Å². The van der Waals surface area contributed by atoms with E-state index in [4.69, 9.17) is 9.47 Å². The molecule has 0 aromatic carbocycles. The van der Waals surface area contributed by atoms with Crippen LogP contribution >= 0.6 is 0 Å². The van der Waals surface area contributed by atoms with E-state index in [-0.39, 0.29) is 6.42 Å². The van der Waals surface area contributed by atoms with E-state index in [2.05, 4.69) is 4.98 Å². The molecule has 0 aliphatic heterocycles. The molecule has 0 amide bonds. The molecule has 0 aliphatic carbocycles. The number of rotatable bonds is 5. The van der Waals surface area contributed by atoms with Gasteiger partial charge in [0.2, 0.25) is 5.88 Å². The topological polar surface area (TPSA) is 68.7 Å². The summed E-state index contributed by atoms with van der Waals surface area (Å²) in [5.41, 5.74) is 0.564. The number of aliphatic hydroxyl groups excluding tert-OH is 1. The van der Waals surface area contributed by atoms with Gasteiger partial charge in [-0.25, -0.2) is 4.98 Å². The Hall–Kier alpha value is -1.62. The molecule has 88 valence electrons. The van der Waals surface area contributed by atoms with Gasteiger partial charge >= 0.3 is 5.97 Å². The summed E-state index contributed by atoms with van der Waals surface area (Å²) in [6, 6.07) is 3.29. The van der Waals surface area contributed by atoms with Crippen LogP contribution in [0, 0.1) is 0 Å². The first-order valence-electron chi connectivity index (χ1n) is 5.01. The lowest BCUT2D eigenvalue weighted by Crippen LogP contribution is -2.10. The number of ether oxygens (including phenoxy) is 2. The van der Waals surface area contributed by atoms with Crippen LogP contribution in [0.15, 0.2) is 18.3 Å². The summed E-state index contributed by atoms with van der Waals surface area (Å²) in [7, 11) is 1.51. The number of nitrogens with zero attached hydrogens (tertiary/aromatic N) is 1. The van der Waals surface area contributed by atoms with Gasteiger partial charge in [-0.2, -0.15) is 0 Å². The van der Waals surface area contributed by atoms with E-state index in [0.717, 1.165) is 0 Å². The molecular formula is C11H15NO4. The molecule has 1 atom stereocenters. The molecule has 1 unspecified atom stereocenters. The van der Waals surface area contributed by atoms with E-state index in [0.29, 0.717) is 18.1 Å². The Kier molecular flexibility index (Phi) is 4.72. The highest BCUT2D eigenvalue weighted by Crippen LogP contribution is 2.18. The lowest BCUT2D eigenvalue weighted by molar-refractivity contribution is -0.145. The van der Waals surface area contributed by atoms with Gasteiger partial charge in [0.05, 0.1) is 26.2 Å². The molecule has 0 radical (unpaired) electrons. The predicted octanol–water partition coefficient (Wildman–Crippen LogP) is 1.08. The molecule has 1 heterocycles. The van der Waals surface area contributed by atoms with E-state index in [9.17, 15) is 9.90 Å². The van der Waals surface area contributed by atoms with Crippen molar-refractivity contribution in [3.8, 4) is 5.88 Å². The van der Waals surface area contributed by atoms with Crippen LogP contribution in [0.2, 0.25) is 0 Å². The number of aromatic nitrogens is 1. The lowest BCUT2D eigenvalue weighted by atomic mass is 10.1. The molecule has 1 aromatic heterocycles. The van der Waals surface area contributed by atoms with Gasteiger partial charge in [0, 0.05) is 12.3 Å². The molecule has 0 saturated carbocycles. The number of carbonyl (C=O) groups excluding carboxylic acids is 1. The van der Waals surface area contributed by atoms with Crippen LogP contribution < -0.4 is 4.74 Å². The van der Waals surface area contributed by atoms with Crippen molar-refractivity contribution in [2.24, 2.45) is 0 Å². The summed E-state index contributed by atoms with van der Waals surface area (Å²) in [5.74, 6) is 0.0397. The fourth-order valence-electron chi connectivity index (χ4n) is 1.21. The Bertz CT molecular complexity index is 336. The van der Waals surface area contributed by atoms with Gasteiger partial charge in [0.15, 0.2) is 0 Å². The van der Waals surface area contributed by atoms with Gasteiger partial charge in [-0.15, -0.1) is 0 Å². The third-order valence-electron chi connectivity index (χ3n) is 2.02. The van der Waals surface area contributed by atoms with Crippen LogP contribution in [-0.4, -0.2) is 29.8 Å². The standard InChI is InChI=1S/C11H15NO4/c1-3-16-11(14)6-9(13)8-4-5-10(15-2)12-7-8/h4-5,7,9,13H,3,6H2,1-2H3. The van der Waals surface area contributed by atoms with E-state index in [1.807, 2.05) is 0 Å². The molecule has 5 nitrogen and oxygen atoms in total. The molecule has 1 N–H and O–H groups in total. The number of aliphatic hydroxyl groups is 1. The van der Waals surface area contributed by atoms with Crippen LogP contribution in [0.25, 0.3) is 0 Å². The maximum atomic E-state index is 11.1. The van der Waals surface area contributed by atoms with E-state index in [1.165, 1.54) is 13.3 Å². The van der Waals surface area contributed by atoms with Gasteiger partial charge in [0.25, 0.3) is 0 Å². The second-order valence-electron chi connectivity index (χ2n) is 3.16. The average Bonchev–Trinajstić information content (AvgIpc) is 2.29. The highest BCUT2D eigenvalue weighted by atomic mass is 16.5. The lowest BCUT2D eigenvalue weighted by Gasteiger charge is -2.10. The van der Waals surface area contributed by atoms with Gasteiger partial charge in [-0.05, 0) is 18.6 Å². The normalized spacial score (nSPS) is 11.9. The Balaban J connectivity index is 2.58. The second kappa shape index (κ2) is 6.07. The van der Waals surface area contributed by atoms with Gasteiger partial charge in [-0.3, -0.25) is 4.79 Å². The van der Waals surface area contributed by atoms with Crippen LogP contribution in [-0.2, 0) is 9.53 Å². The average molecular weight is 225 g/mol. The fraction of sp³-hybridized carbons (Fsp3) is 0.455. The minimum absolute atomic E-state index is 0.0676. The monoisotopic (exact) mass is 225 g/mol. The summed E-state index contributed by atoms with van der Waals surface area (Å²) in [4.78, 5) is 15.1. The minimum atomic E-state index is -0.891. The first kappa shape index (κ1) is 12.4. The van der Waals surface area contributed by atoms with Gasteiger partial charge < -0.3 is 14.6 Å². The quantitative estimate of drug-likeness (QED) is 0.759. The molecule has 0 saturated heterocycles. The second-order valence-corrected chi connectivity index (χ2v) is 3.16. The maximum absolute atomic E-state index is 11.1. The predicted molar refractivity (Wildman–Crippen MR) is 57.0 cm³/mol. The zero-order valence-electron chi connectivity index (χ0n) is 9.34. The van der Waals surface area contributed by atoms with E-state index < -0.39 is 12.1 Å². The molecule has 1 rings (SSSR count). The van der Waals surface area contributed by atoms with Crippen molar-refractivity contribution in [1.29, 1.82) is 0 Å². The van der Waals surface area contributed by atoms with Crippen LogP contribution in [0.5, 0.6) is 5.88 Å². The van der Waals surface area contributed by atoms with Gasteiger partial charge in [0.1, 0.15) is 0 Å². The van der Waals surface area contributed by atoms with Crippen molar-refractivity contribution in [1.82, 2.24) is 4.98 Å². The Morgan fingerprint density at radius 1 is 1.56 bits per heavy atom. The first-order valence-corrected chi connectivity index (χ1v) is 5.01. The van der Waals surface area contributed by atoms with Crippen LogP contribution in [0.1, 0.15) is 25.0 Å². The summed E-state index contributed by atoms with van der Waals surface area (Å²) in [6.45, 7) is 2.03. The molecule has 5 heteroatoms. The Morgan fingerprint density at radius 3 is 2.81 bits per heavy atom. The summed E-state index contributed by atoms with van der Waals surface area (Å²) in [6.07, 6.45) is 0.516. The number of carbonyl (C=O) groups is 1. The number of methoxy groups -OCH3 is 1. The fourth-order valence-corrected chi connectivity index (χ4v) is 1.21. The van der Waals surface area contributed by atoms with Crippen molar-refractivity contribution < 1.29 is 19.4 Å². The summed E-state index contributed by atoms with van der Waals surface area (Å²) < 4.78 is 9.62. The molecule has 0 fully saturated rings. The largest absolute Gasteiger partial charge is 0.481 e. The van der Waals surface area contributed by atoms with Crippen LogP contribution in [0.4, 0.5) is 0 Å². The number of pyridine rings is 1. The number of hydrogen-bond acceptors (Lipinski definition) is 5. The Labute approximate surface area is 94.0 Å². The molecule has 0 bridgehead atoms. The smallest absolute Gasteiger partial charge is 0.308 e. The zero-order chi connectivity index (χ0) is 12.0. The zero-order valence-corrected chi connectivity index (χ0v) is 9.34. The van der Waals surface area contributed by atoms with Gasteiger partial charge in [-0.1, -0.05) is 0 Å². The van der Waals surface area contributed by atoms with E-state index in [1.54, 1.807) is 19.1 Å². The molecule has 0 aliphatic rings. The third-order valence-corrected chi connectivity index (χ3v) is 2.02. The molecule has 16 heavy (non-hydrogen) atoms. The van der Waals surface area contributed by atoms with E-state index >= 15 is 0 Å². The summed E-state index contributed by atoms with van der Waals surface area (Å²) >= 11 is 0. The SMILES string of the molecule is CCOC(=O)CC(O)c1ccc(OC)nc1. The van der Waals surface area contributed by atoms with Crippen LogP contribution in [0.3, 0.4) is 0 Å². The highest BCUT2D eigenvalue weighted by Gasteiger charge is 2.14. The third kappa shape index (κ3) is 3.51. The van der Waals surface area contributed by atoms with Crippen molar-refractivity contribution in [3.05, 3.63) is 23.9 Å². The number of hydrogen-bond donors (Lipinski definition) is 1. The first-order chi connectivity index (χ1) is 7.67. The molecule has 0 spiro atoms. The van der Waals surface area contributed by atoms with Crippen molar-refractivity contribution in [2.75, 3.05) is 13.7 Å². The highest BCUT2D eigenvalue weighted by molar-refractivity contribution is 5.70. The van der Waals surface area contributed by atoms with Crippen molar-refractivity contribution in [3.63, 3.8) is 0 Å². The number of esters is 1. The maximum Gasteiger partial charge on any atom is 0.308 e.